The Labute approximate surface area is 135 Å². The van der Waals surface area contributed by atoms with Gasteiger partial charge < -0.3 is 15.1 Å². The zero-order valence-corrected chi connectivity index (χ0v) is 14.3. The van der Waals surface area contributed by atoms with Crippen LogP contribution in [0.3, 0.4) is 0 Å². The zero-order chi connectivity index (χ0) is 13.0. The summed E-state index contributed by atoms with van der Waals surface area (Å²) in [5.74, 6) is 1.11. The Morgan fingerprint density at radius 3 is 2.30 bits per heavy atom. The molecule has 6 heteroatoms. The van der Waals surface area contributed by atoms with Crippen LogP contribution in [0.4, 0.5) is 0 Å². The normalized spacial score (nSPS) is 23.9. The van der Waals surface area contributed by atoms with E-state index in [0.717, 1.165) is 51.4 Å². The molecule has 2 saturated heterocycles. The quantitative estimate of drug-likeness (QED) is 0.859. The molecule has 2 fully saturated rings. The third-order valence-electron chi connectivity index (χ3n) is 4.16. The molecule has 1 amide bonds. The molecule has 0 aliphatic carbocycles. The van der Waals surface area contributed by atoms with Gasteiger partial charge in [0.1, 0.15) is 0 Å². The highest BCUT2D eigenvalue weighted by Crippen LogP contribution is 2.19. The van der Waals surface area contributed by atoms with E-state index in [-0.39, 0.29) is 30.9 Å². The molecule has 1 unspecified atom stereocenters. The minimum Gasteiger partial charge on any atom is -0.341 e. The van der Waals surface area contributed by atoms with Crippen molar-refractivity contribution in [2.45, 2.75) is 38.1 Å². The number of carbonyl (C=O) groups excluding carboxylic acids is 1. The van der Waals surface area contributed by atoms with E-state index in [4.69, 9.17) is 0 Å². The molecule has 1 N–H and O–H groups in total. The van der Waals surface area contributed by atoms with Gasteiger partial charge in [0.15, 0.2) is 0 Å². The van der Waals surface area contributed by atoms with Gasteiger partial charge in [0.05, 0.1) is 6.04 Å². The van der Waals surface area contributed by atoms with Crippen LogP contribution in [-0.4, -0.2) is 62.0 Å². The first-order valence-corrected chi connectivity index (χ1v) is 7.33. The number of piperidine rings is 2. The maximum atomic E-state index is 12.3. The minimum atomic E-state index is 0. The first-order chi connectivity index (χ1) is 8.66. The van der Waals surface area contributed by atoms with Crippen molar-refractivity contribution in [1.29, 1.82) is 0 Å². The number of nitrogens with zero attached hydrogens (tertiary/aromatic N) is 2. The molecule has 0 spiro atoms. The van der Waals surface area contributed by atoms with Gasteiger partial charge in [-0.2, -0.15) is 0 Å². The second-order valence-electron chi connectivity index (χ2n) is 6.03. The summed E-state index contributed by atoms with van der Waals surface area (Å²) >= 11 is 0. The third kappa shape index (κ3) is 5.76. The lowest BCUT2D eigenvalue weighted by atomic mass is 9.95. The summed E-state index contributed by atoms with van der Waals surface area (Å²) < 4.78 is 0. The van der Waals surface area contributed by atoms with Crippen LogP contribution in [0, 0.1) is 5.92 Å². The number of amides is 1. The first kappa shape index (κ1) is 20.0. The molecule has 0 aromatic heterocycles. The third-order valence-corrected chi connectivity index (χ3v) is 4.16. The van der Waals surface area contributed by atoms with Crippen LogP contribution in [0.5, 0.6) is 0 Å². The molecule has 2 heterocycles. The highest BCUT2D eigenvalue weighted by Gasteiger charge is 2.28. The van der Waals surface area contributed by atoms with Crippen molar-refractivity contribution in [1.82, 2.24) is 15.1 Å². The molecular formula is C14H29Cl2N3O. The van der Waals surface area contributed by atoms with Crippen LogP contribution in [0.1, 0.15) is 32.1 Å². The molecule has 0 bridgehead atoms. The summed E-state index contributed by atoms with van der Waals surface area (Å²) in [5, 5.41) is 3.36. The molecule has 2 aliphatic rings. The topological polar surface area (TPSA) is 35.6 Å². The highest BCUT2D eigenvalue weighted by atomic mass is 35.5. The van der Waals surface area contributed by atoms with E-state index in [0.29, 0.717) is 5.91 Å². The fraction of sp³-hybridized carbons (Fsp3) is 0.929. The highest BCUT2D eigenvalue weighted by molar-refractivity contribution is 5.85. The molecule has 0 saturated carbocycles. The maximum Gasteiger partial charge on any atom is 0.239 e. The van der Waals surface area contributed by atoms with Gasteiger partial charge in [-0.3, -0.25) is 4.79 Å². The standard InChI is InChI=1S/C14H27N3O.2ClH/c1-16(2)11-12-6-9-17(10-7-12)14(18)13-5-3-4-8-15-13;;/h12-13,15H,3-11H2,1-2H3;2*1H. The van der Waals surface area contributed by atoms with Crippen molar-refractivity contribution in [3.63, 3.8) is 0 Å². The van der Waals surface area contributed by atoms with Crippen LogP contribution in [0.25, 0.3) is 0 Å². The Hall–Kier alpha value is -0.0300. The van der Waals surface area contributed by atoms with Crippen LogP contribution < -0.4 is 5.32 Å². The lowest BCUT2D eigenvalue weighted by Gasteiger charge is -2.36. The molecule has 120 valence electrons. The maximum absolute atomic E-state index is 12.3. The van der Waals surface area contributed by atoms with E-state index in [1.54, 1.807) is 0 Å². The van der Waals surface area contributed by atoms with Gasteiger partial charge in [0, 0.05) is 19.6 Å². The second-order valence-corrected chi connectivity index (χ2v) is 6.03. The summed E-state index contributed by atoms with van der Waals surface area (Å²) in [6, 6.07) is 0.101. The lowest BCUT2D eigenvalue weighted by molar-refractivity contribution is -0.135. The molecular weight excluding hydrogens is 297 g/mol. The van der Waals surface area contributed by atoms with Crippen LogP contribution in [0.15, 0.2) is 0 Å². The van der Waals surface area contributed by atoms with Crippen LogP contribution in [-0.2, 0) is 4.79 Å². The molecule has 1 atom stereocenters. The predicted octanol–water partition coefficient (Wildman–Crippen LogP) is 1.77. The van der Waals surface area contributed by atoms with Crippen LogP contribution >= 0.6 is 24.8 Å². The SMILES string of the molecule is CN(C)CC1CCN(C(=O)C2CCCCN2)CC1.Cl.Cl. The number of hydrogen-bond acceptors (Lipinski definition) is 3. The molecule has 0 radical (unpaired) electrons. The molecule has 0 aromatic carbocycles. The predicted molar refractivity (Wildman–Crippen MR) is 88.0 cm³/mol. The van der Waals surface area contributed by atoms with E-state index in [1.165, 1.54) is 12.8 Å². The Bertz CT molecular complexity index is 276. The van der Waals surface area contributed by atoms with E-state index >= 15 is 0 Å². The Morgan fingerprint density at radius 1 is 1.15 bits per heavy atom. The lowest BCUT2D eigenvalue weighted by Crippen LogP contribution is -2.51. The fourth-order valence-corrected chi connectivity index (χ4v) is 3.14. The van der Waals surface area contributed by atoms with E-state index in [9.17, 15) is 4.79 Å². The Balaban J connectivity index is 0.00000180. The monoisotopic (exact) mass is 325 g/mol. The number of likely N-dealkylation sites (tertiary alicyclic amines) is 1. The van der Waals surface area contributed by atoms with Gasteiger partial charge in [-0.25, -0.2) is 0 Å². The smallest absolute Gasteiger partial charge is 0.239 e. The van der Waals surface area contributed by atoms with Gasteiger partial charge in [0.2, 0.25) is 5.91 Å². The van der Waals surface area contributed by atoms with Gasteiger partial charge in [-0.15, -0.1) is 24.8 Å². The number of nitrogens with one attached hydrogen (secondary N) is 1. The van der Waals surface area contributed by atoms with Gasteiger partial charge in [-0.1, -0.05) is 6.42 Å². The van der Waals surface area contributed by atoms with E-state index in [1.807, 2.05) is 0 Å². The van der Waals surface area contributed by atoms with E-state index < -0.39 is 0 Å². The Kier molecular flexibility index (Phi) is 9.81. The summed E-state index contributed by atoms with van der Waals surface area (Å²) in [6.07, 6.45) is 5.76. The average Bonchev–Trinajstić information content (AvgIpc) is 2.39. The van der Waals surface area contributed by atoms with Crippen molar-refractivity contribution in [3.8, 4) is 0 Å². The largest absolute Gasteiger partial charge is 0.341 e. The van der Waals surface area contributed by atoms with Crippen LogP contribution in [0.2, 0.25) is 0 Å². The number of hydrogen-bond donors (Lipinski definition) is 1. The number of rotatable bonds is 3. The van der Waals surface area contributed by atoms with Crippen molar-refractivity contribution >= 4 is 30.7 Å². The fourth-order valence-electron chi connectivity index (χ4n) is 3.14. The van der Waals surface area contributed by atoms with Gasteiger partial charge >= 0.3 is 0 Å². The number of halogens is 2. The summed E-state index contributed by atoms with van der Waals surface area (Å²) in [6.45, 7) is 4.07. The zero-order valence-electron chi connectivity index (χ0n) is 12.6. The Morgan fingerprint density at radius 2 is 1.80 bits per heavy atom. The summed E-state index contributed by atoms with van der Waals surface area (Å²) in [4.78, 5) is 16.7. The summed E-state index contributed by atoms with van der Waals surface area (Å²) in [5.41, 5.74) is 0. The molecule has 20 heavy (non-hydrogen) atoms. The molecule has 0 aromatic rings. The van der Waals surface area contributed by atoms with Crippen molar-refractivity contribution < 1.29 is 4.79 Å². The number of carbonyl (C=O) groups is 1. The van der Waals surface area contributed by atoms with Crippen molar-refractivity contribution in [3.05, 3.63) is 0 Å². The van der Waals surface area contributed by atoms with Crippen molar-refractivity contribution in [2.24, 2.45) is 5.92 Å². The second kappa shape index (κ2) is 9.82. The molecule has 2 aliphatic heterocycles. The van der Waals surface area contributed by atoms with E-state index in [2.05, 4.69) is 29.2 Å². The van der Waals surface area contributed by atoms with Crippen molar-refractivity contribution in [2.75, 3.05) is 40.3 Å². The average molecular weight is 326 g/mol. The van der Waals surface area contributed by atoms with Gasteiger partial charge in [-0.05, 0) is 52.2 Å². The molecule has 4 nitrogen and oxygen atoms in total. The summed E-state index contributed by atoms with van der Waals surface area (Å²) in [7, 11) is 4.26. The minimum absolute atomic E-state index is 0. The molecule has 2 rings (SSSR count). The van der Waals surface area contributed by atoms with Gasteiger partial charge in [0.25, 0.3) is 0 Å². The first-order valence-electron chi connectivity index (χ1n) is 7.33.